The standard InChI is InChI=1S/C24H21NO5S/c1-15-19(25-23(30-15)16-6-4-3-5-7-16)10-12-29-20-9-8-17(14-21(28-2)24(26)27)22-18(20)11-13-31-22/h3-9,11,13-14H,10,12H2,1-2H3,(H,26,27)/b21-14-/i12D2. The molecule has 1 N–H and O–H groups in total. The van der Waals surface area contributed by atoms with Crippen LogP contribution in [0, 0.1) is 6.92 Å². The van der Waals surface area contributed by atoms with Gasteiger partial charge in [-0.3, -0.25) is 0 Å². The first-order chi connectivity index (χ1) is 15.8. The molecule has 0 atom stereocenters. The van der Waals surface area contributed by atoms with E-state index >= 15 is 0 Å². The van der Waals surface area contributed by atoms with Crippen LogP contribution in [0.15, 0.2) is 64.1 Å². The number of benzene rings is 2. The zero-order valence-corrected chi connectivity index (χ0v) is 17.7. The Kier molecular flexibility index (Phi) is 5.32. The van der Waals surface area contributed by atoms with Gasteiger partial charge in [-0.2, -0.15) is 0 Å². The molecule has 0 aliphatic carbocycles. The predicted octanol–water partition coefficient (Wildman–Crippen LogP) is 5.56. The van der Waals surface area contributed by atoms with Crippen LogP contribution in [-0.2, 0) is 16.0 Å². The Hall–Kier alpha value is -3.58. The highest BCUT2D eigenvalue weighted by Crippen LogP contribution is 2.34. The lowest BCUT2D eigenvalue weighted by Gasteiger charge is -2.09. The van der Waals surface area contributed by atoms with Gasteiger partial charge in [-0.15, -0.1) is 11.3 Å². The number of ether oxygens (including phenoxy) is 2. The summed E-state index contributed by atoms with van der Waals surface area (Å²) in [6.45, 7) is -0.306. The quantitative estimate of drug-likeness (QED) is 0.287. The summed E-state index contributed by atoms with van der Waals surface area (Å²) >= 11 is 1.40. The van der Waals surface area contributed by atoms with Gasteiger partial charge in [-0.25, -0.2) is 9.78 Å². The van der Waals surface area contributed by atoms with Crippen LogP contribution in [-0.4, -0.2) is 29.7 Å². The fourth-order valence-electron chi connectivity index (χ4n) is 3.09. The number of hydrogen-bond donors (Lipinski definition) is 1. The summed E-state index contributed by atoms with van der Waals surface area (Å²) in [5.41, 5.74) is 1.94. The van der Waals surface area contributed by atoms with Crippen molar-refractivity contribution in [3.63, 3.8) is 0 Å². The van der Waals surface area contributed by atoms with Crippen LogP contribution in [0.2, 0.25) is 0 Å². The van der Waals surface area contributed by atoms with Crippen molar-refractivity contribution >= 4 is 33.5 Å². The number of oxazole rings is 1. The van der Waals surface area contributed by atoms with Crippen LogP contribution >= 0.6 is 11.3 Å². The van der Waals surface area contributed by atoms with Gasteiger partial charge >= 0.3 is 5.97 Å². The molecular formula is C24H21NO5S. The van der Waals surface area contributed by atoms with Crippen molar-refractivity contribution in [1.82, 2.24) is 4.98 Å². The average Bonchev–Trinajstić information content (AvgIpc) is 3.41. The van der Waals surface area contributed by atoms with Gasteiger partial charge in [0, 0.05) is 22.1 Å². The van der Waals surface area contributed by atoms with E-state index in [1.165, 1.54) is 24.5 Å². The second kappa shape index (κ2) is 9.06. The summed E-state index contributed by atoms with van der Waals surface area (Å²) in [5.74, 6) is -0.0424. The second-order valence-corrected chi connectivity index (χ2v) is 7.56. The number of nitrogens with zero attached hydrogens (tertiary/aromatic N) is 1. The highest BCUT2D eigenvalue weighted by molar-refractivity contribution is 7.17. The second-order valence-electron chi connectivity index (χ2n) is 6.65. The fraction of sp³-hybridized carbons (Fsp3) is 0.167. The highest BCUT2D eigenvalue weighted by atomic mass is 32.1. The molecule has 0 amide bonds. The lowest BCUT2D eigenvalue weighted by Crippen LogP contribution is -2.03. The minimum absolute atomic E-state index is 0.102. The number of aliphatic carboxylic acids is 1. The third kappa shape index (κ3) is 4.46. The third-order valence-corrected chi connectivity index (χ3v) is 5.62. The predicted molar refractivity (Wildman–Crippen MR) is 120 cm³/mol. The Morgan fingerprint density at radius 2 is 2.06 bits per heavy atom. The molecule has 0 unspecified atom stereocenters. The molecule has 4 rings (SSSR count). The number of aryl methyl sites for hydroxylation is 2. The normalized spacial score (nSPS) is 13.0. The maximum absolute atomic E-state index is 11.3. The van der Waals surface area contributed by atoms with E-state index in [0.717, 1.165) is 10.3 Å². The van der Waals surface area contributed by atoms with Crippen LogP contribution in [0.5, 0.6) is 5.75 Å². The average molecular weight is 438 g/mol. The van der Waals surface area contributed by atoms with Gasteiger partial charge in [0.25, 0.3) is 0 Å². The SMILES string of the molecule is [2H]C([2H])(Cc1nc(-c2ccccc2)oc1C)Oc1ccc(/C=C(\OC)C(=O)O)c2sccc12. The minimum Gasteiger partial charge on any atom is -0.493 e. The molecule has 2 aromatic carbocycles. The molecule has 0 aliphatic rings. The van der Waals surface area contributed by atoms with E-state index in [9.17, 15) is 9.90 Å². The first kappa shape index (κ1) is 18.2. The van der Waals surface area contributed by atoms with Crippen molar-refractivity contribution in [2.24, 2.45) is 0 Å². The maximum atomic E-state index is 11.3. The molecule has 0 bridgehead atoms. The molecule has 0 aliphatic heterocycles. The molecule has 0 saturated heterocycles. The number of fused-ring (bicyclic) bond motifs is 1. The van der Waals surface area contributed by atoms with E-state index in [4.69, 9.17) is 16.6 Å². The Labute approximate surface area is 186 Å². The van der Waals surface area contributed by atoms with Crippen LogP contribution < -0.4 is 4.74 Å². The number of carbonyl (C=O) groups is 1. The fourth-order valence-corrected chi connectivity index (χ4v) is 3.99. The molecule has 2 aromatic heterocycles. The lowest BCUT2D eigenvalue weighted by atomic mass is 10.1. The molecule has 0 saturated carbocycles. The van der Waals surface area contributed by atoms with Crippen molar-refractivity contribution in [3.05, 3.63) is 76.7 Å². The molecule has 158 valence electrons. The molecule has 7 heteroatoms. The number of carboxylic acid groups (broad SMARTS) is 1. The summed E-state index contributed by atoms with van der Waals surface area (Å²) < 4.78 is 34.1. The Morgan fingerprint density at radius 1 is 1.26 bits per heavy atom. The largest absolute Gasteiger partial charge is 0.493 e. The van der Waals surface area contributed by atoms with Gasteiger partial charge in [0.15, 0.2) is 0 Å². The van der Waals surface area contributed by atoms with Gasteiger partial charge in [-0.05, 0) is 54.3 Å². The lowest BCUT2D eigenvalue weighted by molar-refractivity contribution is -0.135. The molecule has 31 heavy (non-hydrogen) atoms. The Balaban J connectivity index is 1.60. The number of hydrogen-bond acceptors (Lipinski definition) is 6. The van der Waals surface area contributed by atoms with Crippen LogP contribution in [0.3, 0.4) is 0 Å². The van der Waals surface area contributed by atoms with Gasteiger partial charge in [0.1, 0.15) is 11.5 Å². The van der Waals surface area contributed by atoms with Gasteiger partial charge < -0.3 is 19.0 Å². The van der Waals surface area contributed by atoms with E-state index in [2.05, 4.69) is 4.98 Å². The van der Waals surface area contributed by atoms with Crippen molar-refractivity contribution < 1.29 is 26.5 Å². The zero-order valence-electron chi connectivity index (χ0n) is 18.9. The van der Waals surface area contributed by atoms with E-state index < -0.39 is 12.5 Å². The number of methoxy groups -OCH3 is 1. The van der Waals surface area contributed by atoms with Gasteiger partial charge in [-0.1, -0.05) is 18.2 Å². The molecule has 0 fully saturated rings. The summed E-state index contributed by atoms with van der Waals surface area (Å²) in [4.78, 5) is 15.7. The number of carboxylic acids is 1. The monoisotopic (exact) mass is 437 g/mol. The highest BCUT2D eigenvalue weighted by Gasteiger charge is 2.14. The first-order valence-corrected chi connectivity index (χ1v) is 10.4. The molecule has 0 radical (unpaired) electrons. The summed E-state index contributed by atoms with van der Waals surface area (Å²) in [5, 5.41) is 11.7. The molecular weight excluding hydrogens is 414 g/mol. The molecule has 2 heterocycles. The first-order valence-electron chi connectivity index (χ1n) is 10.5. The maximum Gasteiger partial charge on any atom is 0.371 e. The number of rotatable bonds is 8. The van der Waals surface area contributed by atoms with Crippen molar-refractivity contribution in [1.29, 1.82) is 0 Å². The Morgan fingerprint density at radius 3 is 2.81 bits per heavy atom. The smallest absolute Gasteiger partial charge is 0.371 e. The van der Waals surface area contributed by atoms with Gasteiger partial charge in [0.05, 0.1) is 22.1 Å². The molecule has 6 nitrogen and oxygen atoms in total. The van der Waals surface area contributed by atoms with E-state index in [1.54, 1.807) is 19.1 Å². The summed E-state index contributed by atoms with van der Waals surface area (Å²) in [6.07, 6.45) is 1.33. The zero-order chi connectivity index (χ0) is 23.6. The van der Waals surface area contributed by atoms with Crippen molar-refractivity contribution in [3.8, 4) is 17.2 Å². The Bertz CT molecular complexity index is 1330. The summed E-state index contributed by atoms with van der Waals surface area (Å²) in [7, 11) is 1.30. The van der Waals surface area contributed by atoms with Crippen molar-refractivity contribution in [2.45, 2.75) is 13.3 Å². The number of thiophene rings is 1. The van der Waals surface area contributed by atoms with Crippen LogP contribution in [0.4, 0.5) is 0 Å². The minimum atomic E-state index is -2.05. The van der Waals surface area contributed by atoms with Crippen LogP contribution in [0.1, 0.15) is 19.8 Å². The topological polar surface area (TPSA) is 81.8 Å². The molecule has 0 spiro atoms. The van der Waals surface area contributed by atoms with Gasteiger partial charge in [0.2, 0.25) is 11.6 Å². The summed E-state index contributed by atoms with van der Waals surface area (Å²) in [6, 6.07) is 14.5. The van der Waals surface area contributed by atoms with Crippen molar-refractivity contribution in [2.75, 3.05) is 13.7 Å². The third-order valence-electron chi connectivity index (χ3n) is 4.66. The number of aromatic nitrogens is 1. The van der Waals surface area contributed by atoms with E-state index in [1.807, 2.05) is 41.8 Å². The van der Waals surface area contributed by atoms with E-state index in [-0.39, 0.29) is 12.2 Å². The molecule has 4 aromatic rings. The van der Waals surface area contributed by atoms with E-state index in [0.29, 0.717) is 34.0 Å². The van der Waals surface area contributed by atoms with Crippen LogP contribution in [0.25, 0.3) is 27.6 Å².